The molecule has 2 aromatic heterocycles. The van der Waals surface area contributed by atoms with E-state index in [1.54, 1.807) is 10.6 Å². The number of thioether (sulfide) groups is 1. The van der Waals surface area contributed by atoms with Gasteiger partial charge in [-0.3, -0.25) is 14.2 Å². The highest BCUT2D eigenvalue weighted by atomic mass is 35.5. The summed E-state index contributed by atoms with van der Waals surface area (Å²) in [5.74, 6) is 0.328. The topological polar surface area (TPSA) is 67.8 Å². The average molecular weight is 440 g/mol. The molecule has 0 aliphatic heterocycles. The molecule has 0 radical (unpaired) electrons. The number of H-pyrrole nitrogens is 1. The number of halogens is 1. The molecule has 0 saturated heterocycles. The van der Waals surface area contributed by atoms with E-state index in [2.05, 4.69) is 9.97 Å². The summed E-state index contributed by atoms with van der Waals surface area (Å²) >= 11 is 14.0. The van der Waals surface area contributed by atoms with Gasteiger partial charge in [0.1, 0.15) is 10.5 Å². The van der Waals surface area contributed by atoms with Gasteiger partial charge in [-0.15, -0.1) is 0 Å². The number of nitrogens with one attached hydrogen (secondary N) is 1. The third-order valence-corrected chi connectivity index (χ3v) is 6.66. The van der Waals surface area contributed by atoms with Crippen LogP contribution in [0.5, 0.6) is 0 Å². The minimum absolute atomic E-state index is 0.0886. The molecule has 0 unspecified atom stereocenters. The van der Waals surface area contributed by atoms with Gasteiger partial charge in [0.15, 0.2) is 14.8 Å². The van der Waals surface area contributed by atoms with Gasteiger partial charge in [0.05, 0.1) is 5.75 Å². The minimum atomic E-state index is -0.436. The van der Waals surface area contributed by atoms with Crippen LogP contribution in [0.15, 0.2) is 28.2 Å². The van der Waals surface area contributed by atoms with E-state index in [1.807, 2.05) is 39.8 Å². The molecule has 27 heavy (non-hydrogen) atoms. The van der Waals surface area contributed by atoms with Crippen LogP contribution in [0.3, 0.4) is 0 Å². The van der Waals surface area contributed by atoms with E-state index in [0.717, 1.165) is 11.3 Å². The van der Waals surface area contributed by atoms with Crippen molar-refractivity contribution in [2.75, 3.05) is 5.75 Å². The van der Waals surface area contributed by atoms with Crippen molar-refractivity contribution in [3.05, 3.63) is 43.1 Å². The van der Waals surface area contributed by atoms with Gasteiger partial charge >= 0.3 is 0 Å². The number of nitrogens with zero attached hydrogens (tertiary/aromatic N) is 2. The first-order valence-corrected chi connectivity index (χ1v) is 10.8. The van der Waals surface area contributed by atoms with Gasteiger partial charge in [0.2, 0.25) is 0 Å². The monoisotopic (exact) mass is 439 g/mol. The lowest BCUT2D eigenvalue weighted by molar-refractivity contribution is -0.123. The third kappa shape index (κ3) is 4.18. The number of ketones is 1. The summed E-state index contributed by atoms with van der Waals surface area (Å²) in [7, 11) is 0. The molecule has 9 heteroatoms. The van der Waals surface area contributed by atoms with Crippen LogP contribution in [0.4, 0.5) is 0 Å². The van der Waals surface area contributed by atoms with E-state index in [0.29, 0.717) is 24.5 Å². The van der Waals surface area contributed by atoms with Gasteiger partial charge in [-0.2, -0.15) is 0 Å². The molecule has 0 atom stereocenters. The van der Waals surface area contributed by atoms with E-state index < -0.39 is 5.41 Å². The normalized spacial score (nSPS) is 11.9. The summed E-state index contributed by atoms with van der Waals surface area (Å²) in [4.78, 5) is 32.0. The summed E-state index contributed by atoms with van der Waals surface area (Å²) in [5.41, 5.74) is 1.50. The summed E-state index contributed by atoms with van der Waals surface area (Å²) in [6.45, 7) is 7.51. The molecule has 0 aliphatic rings. The zero-order valence-corrected chi connectivity index (χ0v) is 18.5. The summed E-state index contributed by atoms with van der Waals surface area (Å²) in [6, 6.07) is 5.54. The number of benzene rings is 1. The van der Waals surface area contributed by atoms with Gasteiger partial charge in [0.25, 0.3) is 5.56 Å². The van der Waals surface area contributed by atoms with Crippen LogP contribution >= 0.6 is 46.9 Å². The van der Waals surface area contributed by atoms with Crippen LogP contribution in [0.25, 0.3) is 16.0 Å². The Hall–Kier alpha value is -1.48. The molecule has 2 heterocycles. The number of rotatable bonds is 4. The second kappa shape index (κ2) is 7.50. The second-order valence-corrected chi connectivity index (χ2v) is 10.1. The number of hydrogen-bond donors (Lipinski definition) is 1. The smallest absolute Gasteiger partial charge is 0.271 e. The van der Waals surface area contributed by atoms with Gasteiger partial charge in [-0.1, -0.05) is 55.5 Å². The number of fused-ring (bicyclic) bond motifs is 1. The number of carbonyl (C=O) groups is 1. The van der Waals surface area contributed by atoms with E-state index in [9.17, 15) is 9.59 Å². The molecular formula is C18H18ClN3O2S3. The number of hydrogen-bond acceptors (Lipinski definition) is 6. The van der Waals surface area contributed by atoms with Crippen molar-refractivity contribution < 1.29 is 4.79 Å². The summed E-state index contributed by atoms with van der Waals surface area (Å²) in [6.07, 6.45) is 0. The number of carbonyl (C=O) groups excluding carboxylic acids is 1. The van der Waals surface area contributed by atoms with Crippen LogP contribution in [0.1, 0.15) is 26.3 Å². The molecule has 0 bridgehead atoms. The number of aromatic nitrogens is 3. The lowest BCUT2D eigenvalue weighted by atomic mass is 9.92. The molecule has 3 aromatic rings. The molecule has 1 N–H and O–H groups in total. The Morgan fingerprint density at radius 2 is 2.11 bits per heavy atom. The van der Waals surface area contributed by atoms with Crippen molar-refractivity contribution in [2.45, 2.75) is 32.9 Å². The lowest BCUT2D eigenvalue weighted by Crippen LogP contribution is -2.22. The molecule has 142 valence electrons. The van der Waals surface area contributed by atoms with Crippen LogP contribution in [0, 0.1) is 16.3 Å². The maximum Gasteiger partial charge on any atom is 0.271 e. The van der Waals surface area contributed by atoms with Gasteiger partial charge < -0.3 is 4.98 Å². The number of thiazole rings is 1. The Morgan fingerprint density at radius 3 is 2.74 bits per heavy atom. The molecule has 0 aliphatic carbocycles. The lowest BCUT2D eigenvalue weighted by Gasteiger charge is -2.15. The van der Waals surface area contributed by atoms with Gasteiger partial charge in [0, 0.05) is 16.1 Å². The number of Topliss-reactive ketones (excluding diaryl/α,β-unsaturated/α-hetero) is 1. The molecule has 0 spiro atoms. The van der Waals surface area contributed by atoms with Crippen molar-refractivity contribution >= 4 is 63.0 Å². The largest absolute Gasteiger partial charge is 0.300 e. The molecule has 0 saturated carbocycles. The molecule has 5 nitrogen and oxygen atoms in total. The maximum atomic E-state index is 12.5. The van der Waals surface area contributed by atoms with E-state index in [1.165, 1.54) is 23.1 Å². The number of aromatic amines is 1. The highest BCUT2D eigenvalue weighted by Crippen LogP contribution is 2.27. The Labute approximate surface area is 174 Å². The second-order valence-electron chi connectivity index (χ2n) is 7.12. The van der Waals surface area contributed by atoms with Crippen LogP contribution in [-0.2, 0) is 4.79 Å². The SMILES string of the molecule is Cc1cc(-n2c(=S)sc3c(=O)[nH]c(SCC(=O)C(C)(C)C)nc32)ccc1Cl. The molecule has 1 aromatic carbocycles. The first-order valence-electron chi connectivity index (χ1n) is 8.16. The Kier molecular flexibility index (Phi) is 5.63. The fraction of sp³-hybridized carbons (Fsp3) is 0.333. The van der Waals surface area contributed by atoms with Gasteiger partial charge in [-0.05, 0) is 42.9 Å². The fourth-order valence-corrected chi connectivity index (χ4v) is 4.71. The quantitative estimate of drug-likeness (QED) is 0.345. The Bertz CT molecular complexity index is 1160. The minimum Gasteiger partial charge on any atom is -0.300 e. The highest BCUT2D eigenvalue weighted by Gasteiger charge is 2.22. The summed E-state index contributed by atoms with van der Waals surface area (Å²) < 4.78 is 2.75. The van der Waals surface area contributed by atoms with Crippen molar-refractivity contribution in [3.63, 3.8) is 0 Å². The third-order valence-electron chi connectivity index (χ3n) is 4.00. The predicted octanol–water partition coefficient (Wildman–Crippen LogP) is 5.17. The zero-order valence-electron chi connectivity index (χ0n) is 15.3. The number of aryl methyl sites for hydroxylation is 1. The van der Waals surface area contributed by atoms with Crippen molar-refractivity contribution in [1.29, 1.82) is 0 Å². The fourth-order valence-electron chi connectivity index (χ4n) is 2.31. The van der Waals surface area contributed by atoms with Crippen LogP contribution in [-0.4, -0.2) is 26.1 Å². The zero-order chi connectivity index (χ0) is 19.9. The van der Waals surface area contributed by atoms with Crippen molar-refractivity contribution in [3.8, 4) is 5.69 Å². The van der Waals surface area contributed by atoms with Crippen LogP contribution < -0.4 is 5.56 Å². The van der Waals surface area contributed by atoms with Crippen LogP contribution in [0.2, 0.25) is 5.02 Å². The molecular weight excluding hydrogens is 422 g/mol. The van der Waals surface area contributed by atoms with Crippen molar-refractivity contribution in [1.82, 2.24) is 14.5 Å². The summed E-state index contributed by atoms with van der Waals surface area (Å²) in [5, 5.41) is 1.06. The predicted molar refractivity (Wildman–Crippen MR) is 115 cm³/mol. The maximum absolute atomic E-state index is 12.5. The van der Waals surface area contributed by atoms with Gasteiger partial charge in [-0.25, -0.2) is 4.98 Å². The molecule has 0 fully saturated rings. The van der Waals surface area contributed by atoms with E-state index in [-0.39, 0.29) is 17.1 Å². The molecule has 0 amide bonds. The highest BCUT2D eigenvalue weighted by molar-refractivity contribution is 7.99. The molecule has 3 rings (SSSR count). The first kappa shape index (κ1) is 20.3. The standard InChI is InChI=1S/C18H18ClN3O2S3/c1-9-7-10(5-6-11(9)19)22-14-13(27-17(22)25)15(24)21-16(20-14)26-8-12(23)18(2,3)4/h5-7H,8H2,1-4H3,(H,20,21,24). The Balaban J connectivity index is 2.08. The van der Waals surface area contributed by atoms with E-state index in [4.69, 9.17) is 23.8 Å². The van der Waals surface area contributed by atoms with Crippen molar-refractivity contribution in [2.24, 2.45) is 5.41 Å². The van der Waals surface area contributed by atoms with E-state index >= 15 is 0 Å². The average Bonchev–Trinajstić information content (AvgIpc) is 2.91. The Morgan fingerprint density at radius 1 is 1.41 bits per heavy atom. The first-order chi connectivity index (χ1) is 12.6.